The fraction of sp³-hybridized carbons (Fsp3) is 0.385. The van der Waals surface area contributed by atoms with Gasteiger partial charge in [-0.05, 0) is 44.4 Å². The molecular formula is C26H32N6O6. The predicted molar refractivity (Wildman–Crippen MR) is 140 cm³/mol. The number of nitrogens with zero attached hydrogens (tertiary/aromatic N) is 5. The Hall–Kier alpha value is -4.48. The summed E-state index contributed by atoms with van der Waals surface area (Å²) in [6.45, 7) is 6.52. The van der Waals surface area contributed by atoms with Crippen LogP contribution in [0.25, 0.3) is 5.69 Å². The smallest absolute Gasteiger partial charge is 0.415 e. The van der Waals surface area contributed by atoms with Crippen LogP contribution in [0.1, 0.15) is 32.3 Å². The Bertz CT molecular complexity index is 1250. The number of aromatic nitrogens is 3. The Morgan fingerprint density at radius 3 is 2.26 bits per heavy atom. The molecule has 1 saturated heterocycles. The Morgan fingerprint density at radius 2 is 1.68 bits per heavy atom. The standard InChI is InChI=1S/C26H32N6O6/c1-3-30(4-2)25-27-16-20(32-21(33)11-12-22(32)34)23(29-25)28-19(24(35)36)15-17-7-9-18(10-8-17)38-26(37)31-13-5-6-14-31/h7-12,16,19,33-34H,3-6,13-15H2,1-2H3,(H,35,36)(H,27,28,29)/t19-/m0/s1. The largest absolute Gasteiger partial charge is 0.494 e. The average molecular weight is 525 g/mol. The van der Waals surface area contributed by atoms with E-state index in [9.17, 15) is 24.9 Å². The number of carboxylic acids is 1. The first-order valence-electron chi connectivity index (χ1n) is 12.6. The van der Waals surface area contributed by atoms with Crippen LogP contribution in [0.3, 0.4) is 0 Å². The van der Waals surface area contributed by atoms with E-state index in [1.807, 2.05) is 18.7 Å². The summed E-state index contributed by atoms with van der Waals surface area (Å²) in [5.74, 6) is -0.741. The average Bonchev–Trinajstić information content (AvgIpc) is 3.56. The number of rotatable bonds is 10. The Kier molecular flexibility index (Phi) is 8.19. The molecule has 1 aliphatic rings. The molecule has 3 aromatic rings. The van der Waals surface area contributed by atoms with Crippen LogP contribution in [-0.4, -0.2) is 79.0 Å². The summed E-state index contributed by atoms with van der Waals surface area (Å²) in [6, 6.07) is 8.19. The number of carboxylic acid groups (broad SMARTS) is 1. The summed E-state index contributed by atoms with van der Waals surface area (Å²) in [5.41, 5.74) is 0.883. The highest BCUT2D eigenvalue weighted by Crippen LogP contribution is 2.31. The molecule has 12 nitrogen and oxygen atoms in total. The minimum Gasteiger partial charge on any atom is -0.494 e. The third-order valence-electron chi connectivity index (χ3n) is 6.43. The number of nitrogens with one attached hydrogen (secondary N) is 1. The van der Waals surface area contributed by atoms with Gasteiger partial charge in [0, 0.05) is 44.7 Å². The number of ether oxygens (including phenoxy) is 1. The van der Waals surface area contributed by atoms with Crippen molar-refractivity contribution in [3.05, 3.63) is 48.2 Å². The summed E-state index contributed by atoms with van der Waals surface area (Å²) in [7, 11) is 0. The molecule has 0 spiro atoms. The van der Waals surface area contributed by atoms with Crippen molar-refractivity contribution < 1.29 is 29.6 Å². The fourth-order valence-corrected chi connectivity index (χ4v) is 4.32. The van der Waals surface area contributed by atoms with Gasteiger partial charge in [0.1, 0.15) is 17.5 Å². The van der Waals surface area contributed by atoms with E-state index >= 15 is 0 Å². The number of hydrogen-bond acceptors (Lipinski definition) is 9. The number of anilines is 2. The van der Waals surface area contributed by atoms with Gasteiger partial charge in [-0.25, -0.2) is 19.1 Å². The SMILES string of the molecule is CCN(CC)c1ncc(-n2c(O)ccc2O)c(N[C@@H](Cc2ccc(OC(=O)N3CCCC3)cc2)C(=O)O)n1. The van der Waals surface area contributed by atoms with Crippen molar-refractivity contribution in [2.75, 3.05) is 36.4 Å². The predicted octanol–water partition coefficient (Wildman–Crippen LogP) is 3.23. The van der Waals surface area contributed by atoms with E-state index in [4.69, 9.17) is 4.74 Å². The minimum absolute atomic E-state index is 0.0867. The number of amides is 1. The number of carbonyl (C=O) groups is 2. The minimum atomic E-state index is -1.12. The van der Waals surface area contributed by atoms with E-state index in [1.54, 1.807) is 29.2 Å². The molecule has 1 atom stereocenters. The maximum absolute atomic E-state index is 12.2. The van der Waals surface area contributed by atoms with Crippen LogP contribution >= 0.6 is 0 Å². The van der Waals surface area contributed by atoms with Gasteiger partial charge in [0.2, 0.25) is 5.95 Å². The first-order valence-corrected chi connectivity index (χ1v) is 12.6. The number of aromatic hydroxyl groups is 2. The van der Waals surface area contributed by atoms with Crippen molar-refractivity contribution in [1.29, 1.82) is 0 Å². The summed E-state index contributed by atoms with van der Waals surface area (Å²) >= 11 is 0. The number of benzene rings is 1. The van der Waals surface area contributed by atoms with Gasteiger partial charge in [-0.2, -0.15) is 4.98 Å². The molecule has 202 valence electrons. The summed E-state index contributed by atoms with van der Waals surface area (Å²) in [6.07, 6.45) is 3.04. The Balaban J connectivity index is 1.57. The van der Waals surface area contributed by atoms with Crippen LogP contribution in [-0.2, 0) is 11.2 Å². The van der Waals surface area contributed by atoms with Crippen LogP contribution in [0.5, 0.6) is 17.5 Å². The number of hydrogen-bond donors (Lipinski definition) is 4. The molecule has 1 fully saturated rings. The van der Waals surface area contributed by atoms with Crippen molar-refractivity contribution in [1.82, 2.24) is 19.4 Å². The van der Waals surface area contributed by atoms with E-state index in [0.29, 0.717) is 43.4 Å². The summed E-state index contributed by atoms with van der Waals surface area (Å²) in [5, 5.41) is 33.5. The second kappa shape index (κ2) is 11.7. The first kappa shape index (κ1) is 26.6. The zero-order chi connectivity index (χ0) is 27.2. The third-order valence-corrected chi connectivity index (χ3v) is 6.43. The van der Waals surface area contributed by atoms with E-state index in [0.717, 1.165) is 17.4 Å². The van der Waals surface area contributed by atoms with Gasteiger partial charge in [-0.1, -0.05) is 12.1 Å². The molecule has 4 N–H and O–H groups in total. The van der Waals surface area contributed by atoms with Crippen molar-refractivity contribution in [2.24, 2.45) is 0 Å². The van der Waals surface area contributed by atoms with Gasteiger partial charge >= 0.3 is 12.1 Å². The van der Waals surface area contributed by atoms with Crippen molar-refractivity contribution in [3.8, 4) is 23.2 Å². The van der Waals surface area contributed by atoms with Crippen LogP contribution < -0.4 is 15.0 Å². The molecule has 0 unspecified atom stereocenters. The van der Waals surface area contributed by atoms with Crippen molar-refractivity contribution in [3.63, 3.8) is 0 Å². The summed E-state index contributed by atoms with van der Waals surface area (Å²) < 4.78 is 6.54. The molecule has 0 bridgehead atoms. The molecule has 4 rings (SSSR count). The monoisotopic (exact) mass is 524 g/mol. The van der Waals surface area contributed by atoms with E-state index in [-0.39, 0.29) is 29.7 Å². The van der Waals surface area contributed by atoms with Gasteiger partial charge in [-0.15, -0.1) is 0 Å². The van der Waals surface area contributed by atoms with Gasteiger partial charge in [0.05, 0.1) is 6.20 Å². The lowest BCUT2D eigenvalue weighted by atomic mass is 10.1. The molecular weight excluding hydrogens is 492 g/mol. The van der Waals surface area contributed by atoms with Crippen molar-refractivity contribution in [2.45, 2.75) is 39.2 Å². The molecule has 0 aliphatic carbocycles. The maximum Gasteiger partial charge on any atom is 0.415 e. The lowest BCUT2D eigenvalue weighted by molar-refractivity contribution is -0.137. The highest BCUT2D eigenvalue weighted by molar-refractivity contribution is 5.79. The van der Waals surface area contributed by atoms with E-state index < -0.39 is 18.1 Å². The molecule has 1 aliphatic heterocycles. The zero-order valence-corrected chi connectivity index (χ0v) is 21.4. The lowest BCUT2D eigenvalue weighted by Crippen LogP contribution is -2.33. The van der Waals surface area contributed by atoms with Gasteiger partial charge < -0.3 is 35.2 Å². The van der Waals surface area contributed by atoms with Crippen LogP contribution in [0.15, 0.2) is 42.6 Å². The van der Waals surface area contributed by atoms with Gasteiger partial charge in [0.15, 0.2) is 17.6 Å². The molecule has 38 heavy (non-hydrogen) atoms. The van der Waals surface area contributed by atoms with Crippen LogP contribution in [0, 0.1) is 0 Å². The van der Waals surface area contributed by atoms with E-state index in [2.05, 4.69) is 15.3 Å². The molecule has 1 amide bonds. The molecule has 0 saturated carbocycles. The molecule has 12 heteroatoms. The third kappa shape index (κ3) is 5.90. The Morgan fingerprint density at radius 1 is 1.05 bits per heavy atom. The highest BCUT2D eigenvalue weighted by atomic mass is 16.6. The maximum atomic E-state index is 12.2. The first-order chi connectivity index (χ1) is 18.3. The second-order valence-corrected chi connectivity index (χ2v) is 8.91. The second-order valence-electron chi connectivity index (χ2n) is 8.91. The highest BCUT2D eigenvalue weighted by Gasteiger charge is 2.24. The lowest BCUT2D eigenvalue weighted by Gasteiger charge is -2.23. The summed E-state index contributed by atoms with van der Waals surface area (Å²) in [4.78, 5) is 36.9. The van der Waals surface area contributed by atoms with Crippen LogP contribution in [0.4, 0.5) is 16.6 Å². The molecule has 2 aromatic heterocycles. The fourth-order valence-electron chi connectivity index (χ4n) is 4.32. The zero-order valence-electron chi connectivity index (χ0n) is 21.4. The number of likely N-dealkylation sites (tertiary alicyclic amines) is 1. The van der Waals surface area contributed by atoms with Gasteiger partial charge in [-0.3, -0.25) is 0 Å². The van der Waals surface area contributed by atoms with E-state index in [1.165, 1.54) is 18.3 Å². The Labute approximate surface area is 220 Å². The van der Waals surface area contributed by atoms with Crippen LogP contribution in [0.2, 0.25) is 0 Å². The molecule has 3 heterocycles. The number of carbonyl (C=O) groups excluding carboxylic acids is 1. The van der Waals surface area contributed by atoms with Gasteiger partial charge in [0.25, 0.3) is 0 Å². The topological polar surface area (TPSA) is 153 Å². The molecule has 0 radical (unpaired) electrons. The molecule has 1 aromatic carbocycles. The number of aliphatic carboxylic acids is 1. The van der Waals surface area contributed by atoms with Crippen molar-refractivity contribution >= 4 is 23.8 Å². The normalized spacial score (nSPS) is 13.8. The quantitative estimate of drug-likeness (QED) is 0.311.